The van der Waals surface area contributed by atoms with Crippen LogP contribution in [0, 0.1) is 0 Å². The standard InChI is InChI=1S/C23H23O2PS/c1-4-17-14-15-21-23(22(17)18-10-6-5-7-11-18)26(16(2)3)19-12-8-9-13-20(19)27(21,24)25/h5-16H,4H2,1-3H3. The molecule has 0 saturated carbocycles. The van der Waals surface area contributed by atoms with Gasteiger partial charge in [-0.25, -0.2) is 8.42 Å². The van der Waals surface area contributed by atoms with Crippen LogP contribution >= 0.6 is 7.92 Å². The van der Waals surface area contributed by atoms with Crippen molar-refractivity contribution in [2.24, 2.45) is 0 Å². The third kappa shape index (κ3) is 2.85. The highest BCUT2D eigenvalue weighted by Crippen LogP contribution is 2.50. The lowest BCUT2D eigenvalue weighted by molar-refractivity contribution is 0.597. The molecule has 1 aliphatic rings. The van der Waals surface area contributed by atoms with Crippen molar-refractivity contribution >= 4 is 28.4 Å². The van der Waals surface area contributed by atoms with Crippen molar-refractivity contribution in [1.29, 1.82) is 0 Å². The first-order valence-corrected chi connectivity index (χ1v) is 12.2. The summed E-state index contributed by atoms with van der Waals surface area (Å²) < 4.78 is 26.9. The van der Waals surface area contributed by atoms with Gasteiger partial charge in [-0.05, 0) is 54.1 Å². The third-order valence-electron chi connectivity index (χ3n) is 5.13. The molecule has 4 heteroatoms. The summed E-state index contributed by atoms with van der Waals surface area (Å²) in [5.41, 5.74) is 3.79. The van der Waals surface area contributed by atoms with Gasteiger partial charge in [0.25, 0.3) is 0 Å². The molecule has 0 spiro atoms. The first-order chi connectivity index (χ1) is 13.0. The summed E-state index contributed by atoms with van der Waals surface area (Å²) in [6.45, 7) is 6.55. The normalized spacial score (nSPS) is 17.4. The van der Waals surface area contributed by atoms with Gasteiger partial charge in [0.1, 0.15) is 0 Å². The Morgan fingerprint density at radius 1 is 0.852 bits per heavy atom. The molecule has 0 amide bonds. The van der Waals surface area contributed by atoms with Crippen molar-refractivity contribution in [3.8, 4) is 11.1 Å². The maximum absolute atomic E-state index is 13.5. The molecule has 0 saturated heterocycles. The van der Waals surface area contributed by atoms with Crippen LogP contribution in [-0.2, 0) is 16.3 Å². The highest BCUT2D eigenvalue weighted by Gasteiger charge is 2.38. The molecule has 0 fully saturated rings. The van der Waals surface area contributed by atoms with Crippen molar-refractivity contribution in [1.82, 2.24) is 0 Å². The zero-order valence-corrected chi connectivity index (χ0v) is 17.5. The van der Waals surface area contributed by atoms with Gasteiger partial charge in [0.15, 0.2) is 0 Å². The van der Waals surface area contributed by atoms with Gasteiger partial charge in [0.2, 0.25) is 9.84 Å². The summed E-state index contributed by atoms with van der Waals surface area (Å²) >= 11 is 0. The molecule has 27 heavy (non-hydrogen) atoms. The van der Waals surface area contributed by atoms with Crippen molar-refractivity contribution in [3.05, 3.63) is 72.3 Å². The molecule has 3 aromatic carbocycles. The molecule has 138 valence electrons. The highest BCUT2D eigenvalue weighted by molar-refractivity contribution is 7.94. The van der Waals surface area contributed by atoms with Gasteiger partial charge >= 0.3 is 0 Å². The molecular weight excluding hydrogens is 371 g/mol. The Hall–Kier alpha value is -1.96. The molecular formula is C23H23O2PS. The predicted octanol–water partition coefficient (Wildman–Crippen LogP) is 4.90. The molecule has 1 atom stereocenters. The Balaban J connectivity index is 2.16. The van der Waals surface area contributed by atoms with Gasteiger partial charge in [0.05, 0.1) is 9.79 Å². The van der Waals surface area contributed by atoms with Gasteiger partial charge in [-0.1, -0.05) is 75.4 Å². The third-order valence-corrected chi connectivity index (χ3v) is 10.2. The maximum Gasteiger partial charge on any atom is 0.207 e. The Morgan fingerprint density at radius 2 is 1.52 bits per heavy atom. The lowest BCUT2D eigenvalue weighted by atomic mass is 9.98. The van der Waals surface area contributed by atoms with E-state index in [4.69, 9.17) is 0 Å². The van der Waals surface area contributed by atoms with E-state index in [0.29, 0.717) is 15.4 Å². The van der Waals surface area contributed by atoms with Gasteiger partial charge in [-0.15, -0.1) is 0 Å². The zero-order valence-electron chi connectivity index (χ0n) is 15.8. The molecule has 0 radical (unpaired) electrons. The van der Waals surface area contributed by atoms with Crippen molar-refractivity contribution < 1.29 is 8.42 Å². The van der Waals surface area contributed by atoms with Gasteiger partial charge in [-0.2, -0.15) is 0 Å². The molecule has 3 aromatic rings. The zero-order chi connectivity index (χ0) is 19.2. The summed E-state index contributed by atoms with van der Waals surface area (Å²) in [5.74, 6) is 0. The minimum absolute atomic E-state index is 0.352. The van der Waals surface area contributed by atoms with E-state index in [2.05, 4.69) is 32.9 Å². The average Bonchev–Trinajstić information content (AvgIpc) is 2.67. The van der Waals surface area contributed by atoms with Crippen molar-refractivity contribution in [2.45, 2.75) is 42.6 Å². The smallest absolute Gasteiger partial charge is 0.207 e. The second-order valence-electron chi connectivity index (χ2n) is 7.10. The lowest BCUT2D eigenvalue weighted by Crippen LogP contribution is -2.33. The molecule has 0 N–H and O–H groups in total. The van der Waals surface area contributed by atoms with Crippen LogP contribution in [-0.4, -0.2) is 14.1 Å². The second-order valence-corrected chi connectivity index (χ2v) is 11.7. The summed E-state index contributed by atoms with van der Waals surface area (Å²) in [6.07, 6.45) is 0.875. The SMILES string of the molecule is CCc1ccc2c(c1-c1ccccc1)P(C(C)C)c1ccccc1S2(=O)=O. The fraction of sp³-hybridized carbons (Fsp3) is 0.217. The molecule has 1 unspecified atom stereocenters. The Morgan fingerprint density at radius 3 is 2.19 bits per heavy atom. The molecule has 1 heterocycles. The number of sulfone groups is 1. The van der Waals surface area contributed by atoms with Crippen LogP contribution in [0.2, 0.25) is 0 Å². The molecule has 0 aliphatic carbocycles. The van der Waals surface area contributed by atoms with E-state index in [0.717, 1.165) is 28.2 Å². The van der Waals surface area contributed by atoms with E-state index in [1.165, 1.54) is 5.56 Å². The fourth-order valence-electron chi connectivity index (χ4n) is 3.95. The van der Waals surface area contributed by atoms with Gasteiger partial charge in [-0.3, -0.25) is 0 Å². The van der Waals surface area contributed by atoms with Crippen LogP contribution in [0.5, 0.6) is 0 Å². The van der Waals surface area contributed by atoms with Crippen LogP contribution < -0.4 is 10.6 Å². The van der Waals surface area contributed by atoms with Crippen molar-refractivity contribution in [2.75, 3.05) is 0 Å². The summed E-state index contributed by atoms with van der Waals surface area (Å²) in [6, 6.07) is 21.6. The Kier molecular flexibility index (Phi) is 4.70. The van der Waals surface area contributed by atoms with E-state index in [1.54, 1.807) is 6.07 Å². The molecule has 4 rings (SSSR count). The largest absolute Gasteiger partial charge is 0.218 e. The molecule has 0 bridgehead atoms. The van der Waals surface area contributed by atoms with E-state index in [1.807, 2.05) is 48.5 Å². The van der Waals surface area contributed by atoms with Gasteiger partial charge in [0, 0.05) is 5.30 Å². The van der Waals surface area contributed by atoms with Crippen molar-refractivity contribution in [3.63, 3.8) is 0 Å². The Bertz CT molecular complexity index is 1100. The highest BCUT2D eigenvalue weighted by atomic mass is 32.2. The summed E-state index contributed by atoms with van der Waals surface area (Å²) in [7, 11) is -4.27. The van der Waals surface area contributed by atoms with E-state index < -0.39 is 17.8 Å². The minimum Gasteiger partial charge on any atom is -0.218 e. The lowest BCUT2D eigenvalue weighted by Gasteiger charge is -2.34. The second kappa shape index (κ2) is 6.89. The van der Waals surface area contributed by atoms with Crippen LogP contribution in [0.1, 0.15) is 26.3 Å². The van der Waals surface area contributed by atoms with Crippen LogP contribution in [0.4, 0.5) is 0 Å². The quantitative estimate of drug-likeness (QED) is 0.592. The molecule has 1 aliphatic heterocycles. The molecule has 0 aromatic heterocycles. The topological polar surface area (TPSA) is 34.1 Å². The number of hydrogen-bond donors (Lipinski definition) is 0. The Labute approximate surface area is 162 Å². The van der Waals surface area contributed by atoms with Crippen LogP contribution in [0.25, 0.3) is 11.1 Å². The summed E-state index contributed by atoms with van der Waals surface area (Å²) in [4.78, 5) is 0.984. The minimum atomic E-state index is -3.51. The molecule has 2 nitrogen and oxygen atoms in total. The summed E-state index contributed by atoms with van der Waals surface area (Å²) in [5, 5.41) is 2.02. The van der Waals surface area contributed by atoms with E-state index >= 15 is 0 Å². The fourth-order valence-corrected chi connectivity index (χ4v) is 9.40. The maximum atomic E-state index is 13.5. The van der Waals surface area contributed by atoms with Crippen LogP contribution in [0.15, 0.2) is 76.5 Å². The predicted molar refractivity (Wildman–Crippen MR) is 114 cm³/mol. The number of benzene rings is 3. The number of aryl methyl sites for hydroxylation is 1. The van der Waals surface area contributed by atoms with E-state index in [9.17, 15) is 8.42 Å². The first-order valence-electron chi connectivity index (χ1n) is 9.31. The average molecular weight is 394 g/mol. The number of hydrogen-bond acceptors (Lipinski definition) is 2. The number of rotatable bonds is 3. The van der Waals surface area contributed by atoms with E-state index in [-0.39, 0.29) is 0 Å². The van der Waals surface area contributed by atoms with Crippen LogP contribution in [0.3, 0.4) is 0 Å². The number of fused-ring (bicyclic) bond motifs is 2. The monoisotopic (exact) mass is 394 g/mol. The van der Waals surface area contributed by atoms with Gasteiger partial charge < -0.3 is 0 Å². The first kappa shape index (κ1) is 18.4.